The van der Waals surface area contributed by atoms with Crippen LogP contribution in [0.1, 0.15) is 25.8 Å². The van der Waals surface area contributed by atoms with Crippen LogP contribution in [0.15, 0.2) is 53.6 Å². The van der Waals surface area contributed by atoms with Gasteiger partial charge in [-0.25, -0.2) is 9.97 Å². The molecule has 2 aromatic carbocycles. The average molecular weight is 380 g/mol. The first-order chi connectivity index (χ1) is 13.0. The number of nitrogens with zero attached hydrogens (tertiary/aromatic N) is 2. The maximum absolute atomic E-state index is 12.2. The second-order valence-electron chi connectivity index (χ2n) is 7.06. The predicted molar refractivity (Wildman–Crippen MR) is 113 cm³/mol. The van der Waals surface area contributed by atoms with Gasteiger partial charge >= 0.3 is 0 Å². The first-order valence-electron chi connectivity index (χ1n) is 9.26. The van der Waals surface area contributed by atoms with E-state index in [0.29, 0.717) is 17.5 Å². The third-order valence-electron chi connectivity index (χ3n) is 4.26. The van der Waals surface area contributed by atoms with Gasteiger partial charge in [-0.15, -0.1) is 0 Å². The Balaban J connectivity index is 1.81. The summed E-state index contributed by atoms with van der Waals surface area (Å²) < 4.78 is 0. The standard InChI is InChI=1S/C22H25N3OS/c1-15(2)12-13-23-20(26)14-27-22-18-6-4-5-7-19(18)24-21(25-22)17-10-8-16(3)9-11-17/h4-11,15H,12-14H2,1-3H3,(H,23,26). The van der Waals surface area contributed by atoms with E-state index in [4.69, 9.17) is 9.97 Å². The Kier molecular flexibility index (Phi) is 6.45. The van der Waals surface area contributed by atoms with Crippen molar-refractivity contribution in [3.05, 3.63) is 54.1 Å². The molecule has 0 aliphatic heterocycles. The fourth-order valence-electron chi connectivity index (χ4n) is 2.67. The van der Waals surface area contributed by atoms with Gasteiger partial charge in [-0.05, 0) is 25.3 Å². The van der Waals surface area contributed by atoms with Crippen LogP contribution in [0.4, 0.5) is 0 Å². The first-order valence-corrected chi connectivity index (χ1v) is 10.2. The molecule has 0 unspecified atom stereocenters. The van der Waals surface area contributed by atoms with E-state index in [0.717, 1.165) is 34.5 Å². The van der Waals surface area contributed by atoms with E-state index in [1.54, 1.807) is 0 Å². The van der Waals surface area contributed by atoms with Gasteiger partial charge in [0, 0.05) is 17.5 Å². The quantitative estimate of drug-likeness (QED) is 0.470. The lowest BCUT2D eigenvalue weighted by molar-refractivity contribution is -0.118. The van der Waals surface area contributed by atoms with Crippen molar-refractivity contribution in [2.45, 2.75) is 32.2 Å². The fourth-order valence-corrected chi connectivity index (χ4v) is 3.52. The molecule has 0 atom stereocenters. The minimum atomic E-state index is 0.0419. The summed E-state index contributed by atoms with van der Waals surface area (Å²) in [7, 11) is 0. The number of amides is 1. The van der Waals surface area contributed by atoms with E-state index in [2.05, 4.69) is 38.2 Å². The predicted octanol–water partition coefficient (Wildman–Crippen LogP) is 4.86. The van der Waals surface area contributed by atoms with Crippen LogP contribution in [-0.2, 0) is 4.79 Å². The van der Waals surface area contributed by atoms with Crippen molar-refractivity contribution in [1.29, 1.82) is 0 Å². The zero-order valence-electron chi connectivity index (χ0n) is 16.0. The van der Waals surface area contributed by atoms with Crippen LogP contribution < -0.4 is 5.32 Å². The van der Waals surface area contributed by atoms with Gasteiger partial charge < -0.3 is 5.32 Å². The number of carbonyl (C=O) groups is 1. The van der Waals surface area contributed by atoms with Gasteiger partial charge in [-0.1, -0.05) is 73.6 Å². The Morgan fingerprint density at radius 3 is 2.56 bits per heavy atom. The summed E-state index contributed by atoms with van der Waals surface area (Å²) in [6.45, 7) is 7.08. The highest BCUT2D eigenvalue weighted by Crippen LogP contribution is 2.28. The van der Waals surface area contributed by atoms with Gasteiger partial charge in [0.25, 0.3) is 0 Å². The molecule has 1 heterocycles. The Bertz CT molecular complexity index is 922. The van der Waals surface area contributed by atoms with Crippen molar-refractivity contribution in [2.75, 3.05) is 12.3 Å². The molecule has 0 bridgehead atoms. The number of fused-ring (bicyclic) bond motifs is 1. The van der Waals surface area contributed by atoms with Crippen LogP contribution >= 0.6 is 11.8 Å². The van der Waals surface area contributed by atoms with Crippen LogP contribution in [0.5, 0.6) is 0 Å². The van der Waals surface area contributed by atoms with Crippen LogP contribution in [0.2, 0.25) is 0 Å². The number of carbonyl (C=O) groups excluding carboxylic acids is 1. The van der Waals surface area contributed by atoms with Crippen LogP contribution in [-0.4, -0.2) is 28.2 Å². The van der Waals surface area contributed by atoms with Crippen LogP contribution in [0.25, 0.3) is 22.3 Å². The smallest absolute Gasteiger partial charge is 0.230 e. The molecule has 0 fully saturated rings. The molecular weight excluding hydrogens is 354 g/mol. The molecule has 5 heteroatoms. The van der Waals surface area contributed by atoms with Gasteiger partial charge in [0.05, 0.1) is 11.3 Å². The second-order valence-corrected chi connectivity index (χ2v) is 8.02. The molecule has 1 aromatic heterocycles. The highest BCUT2D eigenvalue weighted by atomic mass is 32.2. The number of aromatic nitrogens is 2. The number of nitrogens with one attached hydrogen (secondary N) is 1. The van der Waals surface area contributed by atoms with Crippen LogP contribution in [0.3, 0.4) is 0 Å². The lowest BCUT2D eigenvalue weighted by Gasteiger charge is -2.10. The largest absolute Gasteiger partial charge is 0.355 e. The van der Waals surface area contributed by atoms with Crippen molar-refractivity contribution in [1.82, 2.24) is 15.3 Å². The molecule has 3 aromatic rings. The topological polar surface area (TPSA) is 54.9 Å². The van der Waals surface area contributed by atoms with Crippen molar-refractivity contribution < 1.29 is 4.79 Å². The van der Waals surface area contributed by atoms with Crippen LogP contribution in [0, 0.1) is 12.8 Å². The number of hydrogen-bond acceptors (Lipinski definition) is 4. The summed E-state index contributed by atoms with van der Waals surface area (Å²) >= 11 is 1.47. The number of rotatable bonds is 7. The Morgan fingerprint density at radius 2 is 1.81 bits per heavy atom. The molecule has 0 aliphatic rings. The summed E-state index contributed by atoms with van der Waals surface area (Å²) in [6.07, 6.45) is 0.990. The number of hydrogen-bond donors (Lipinski definition) is 1. The molecule has 4 nitrogen and oxygen atoms in total. The molecule has 27 heavy (non-hydrogen) atoms. The highest BCUT2D eigenvalue weighted by molar-refractivity contribution is 8.00. The molecule has 0 saturated carbocycles. The van der Waals surface area contributed by atoms with Gasteiger partial charge in [-0.3, -0.25) is 4.79 Å². The molecule has 1 amide bonds. The van der Waals surface area contributed by atoms with E-state index in [1.165, 1.54) is 17.3 Å². The van der Waals surface area contributed by atoms with E-state index in [1.807, 2.05) is 36.4 Å². The lowest BCUT2D eigenvalue weighted by atomic mass is 10.1. The third kappa shape index (κ3) is 5.30. The SMILES string of the molecule is Cc1ccc(-c2nc(SCC(=O)NCCC(C)C)c3ccccc3n2)cc1. The van der Waals surface area contributed by atoms with Gasteiger partial charge in [0.1, 0.15) is 5.03 Å². The molecule has 0 radical (unpaired) electrons. The Morgan fingerprint density at radius 1 is 1.07 bits per heavy atom. The molecule has 3 rings (SSSR count). The van der Waals surface area contributed by atoms with Gasteiger partial charge in [0.15, 0.2) is 5.82 Å². The molecule has 140 valence electrons. The normalized spacial score (nSPS) is 11.1. The van der Waals surface area contributed by atoms with E-state index >= 15 is 0 Å². The highest BCUT2D eigenvalue weighted by Gasteiger charge is 2.12. The molecule has 0 aliphatic carbocycles. The van der Waals surface area contributed by atoms with Crippen molar-refractivity contribution >= 4 is 28.6 Å². The minimum absolute atomic E-state index is 0.0419. The third-order valence-corrected chi connectivity index (χ3v) is 5.25. The number of para-hydroxylation sites is 1. The summed E-state index contributed by atoms with van der Waals surface area (Å²) in [4.78, 5) is 21.6. The second kappa shape index (κ2) is 9.00. The Labute approximate surface area is 164 Å². The van der Waals surface area contributed by atoms with E-state index in [-0.39, 0.29) is 5.91 Å². The maximum Gasteiger partial charge on any atom is 0.230 e. The van der Waals surface area contributed by atoms with Crippen molar-refractivity contribution in [2.24, 2.45) is 5.92 Å². The Hall–Kier alpha value is -2.40. The van der Waals surface area contributed by atoms with Gasteiger partial charge in [-0.2, -0.15) is 0 Å². The zero-order chi connectivity index (χ0) is 19.2. The first kappa shape index (κ1) is 19.4. The summed E-state index contributed by atoms with van der Waals surface area (Å²) in [6, 6.07) is 16.1. The summed E-state index contributed by atoms with van der Waals surface area (Å²) in [5.74, 6) is 1.67. The lowest BCUT2D eigenvalue weighted by Crippen LogP contribution is -2.26. The number of aryl methyl sites for hydroxylation is 1. The maximum atomic E-state index is 12.2. The molecular formula is C22H25N3OS. The summed E-state index contributed by atoms with van der Waals surface area (Å²) in [5.41, 5.74) is 3.08. The fraction of sp³-hybridized carbons (Fsp3) is 0.318. The van der Waals surface area contributed by atoms with E-state index < -0.39 is 0 Å². The molecule has 0 saturated heterocycles. The summed E-state index contributed by atoms with van der Waals surface area (Å²) in [5, 5.41) is 4.80. The molecule has 0 spiro atoms. The number of benzene rings is 2. The van der Waals surface area contributed by atoms with E-state index in [9.17, 15) is 4.79 Å². The van der Waals surface area contributed by atoms with Crippen molar-refractivity contribution in [3.8, 4) is 11.4 Å². The zero-order valence-corrected chi connectivity index (χ0v) is 16.8. The number of thioether (sulfide) groups is 1. The molecule has 1 N–H and O–H groups in total. The van der Waals surface area contributed by atoms with Crippen molar-refractivity contribution in [3.63, 3.8) is 0 Å². The van der Waals surface area contributed by atoms with Gasteiger partial charge in [0.2, 0.25) is 5.91 Å². The average Bonchev–Trinajstić information content (AvgIpc) is 2.66. The minimum Gasteiger partial charge on any atom is -0.355 e. The monoisotopic (exact) mass is 379 g/mol.